The third-order valence-electron chi connectivity index (χ3n) is 4.62. The van der Waals surface area contributed by atoms with E-state index in [2.05, 4.69) is 9.97 Å². The molecule has 0 aliphatic rings. The summed E-state index contributed by atoms with van der Waals surface area (Å²) in [6.45, 7) is 4.14. The molecular formula is C23H27N3O5. The van der Waals surface area contributed by atoms with E-state index in [0.717, 1.165) is 28.3 Å². The van der Waals surface area contributed by atoms with Crippen LogP contribution in [0, 0.1) is 13.8 Å². The molecule has 3 aromatic rings. The first-order valence-corrected chi connectivity index (χ1v) is 9.52. The highest BCUT2D eigenvalue weighted by molar-refractivity contribution is 5.94. The number of aromatic amines is 1. The van der Waals surface area contributed by atoms with Gasteiger partial charge in [-0.2, -0.15) is 0 Å². The van der Waals surface area contributed by atoms with Crippen LogP contribution in [0.3, 0.4) is 0 Å². The van der Waals surface area contributed by atoms with Gasteiger partial charge in [0.05, 0.1) is 19.9 Å². The predicted octanol–water partition coefficient (Wildman–Crippen LogP) is 3.68. The highest BCUT2D eigenvalue weighted by Gasteiger charge is 2.14. The second kappa shape index (κ2) is 10.8. The van der Waals surface area contributed by atoms with Crippen LogP contribution in [0.5, 0.6) is 11.5 Å². The van der Waals surface area contributed by atoms with E-state index in [9.17, 15) is 4.79 Å². The molecular weight excluding hydrogens is 398 g/mol. The zero-order chi connectivity index (χ0) is 23.0. The van der Waals surface area contributed by atoms with Gasteiger partial charge < -0.3 is 24.5 Å². The van der Waals surface area contributed by atoms with E-state index in [1.165, 1.54) is 0 Å². The van der Waals surface area contributed by atoms with Crippen molar-refractivity contribution >= 4 is 12.4 Å². The van der Waals surface area contributed by atoms with Gasteiger partial charge in [-0.1, -0.05) is 18.2 Å². The van der Waals surface area contributed by atoms with Gasteiger partial charge in [-0.15, -0.1) is 0 Å². The smallest absolute Gasteiger partial charge is 0.290 e. The van der Waals surface area contributed by atoms with Crippen molar-refractivity contribution in [3.8, 4) is 22.8 Å². The van der Waals surface area contributed by atoms with Gasteiger partial charge in [-0.3, -0.25) is 9.59 Å². The van der Waals surface area contributed by atoms with Crippen molar-refractivity contribution < 1.29 is 24.2 Å². The number of nitrogens with one attached hydrogen (secondary N) is 1. The van der Waals surface area contributed by atoms with Gasteiger partial charge in [0.2, 0.25) is 0 Å². The van der Waals surface area contributed by atoms with Gasteiger partial charge in [0, 0.05) is 30.4 Å². The van der Waals surface area contributed by atoms with Crippen molar-refractivity contribution in [1.82, 2.24) is 14.9 Å². The number of carbonyl (C=O) groups excluding carboxylic acids is 1. The molecule has 0 bridgehead atoms. The monoisotopic (exact) mass is 425 g/mol. The SMILES string of the molecule is COc1ccc(CN(C)C(=O)c2ccc(-c3nc(C)[nH]c3C)cc2)cc1OC.O=CO. The number of hydrogen-bond acceptors (Lipinski definition) is 5. The minimum atomic E-state index is -0.250. The summed E-state index contributed by atoms with van der Waals surface area (Å²) in [5.41, 5.74) is 4.52. The Morgan fingerprint density at radius 2 is 1.71 bits per heavy atom. The molecule has 0 aliphatic heterocycles. The molecule has 0 radical (unpaired) electrons. The summed E-state index contributed by atoms with van der Waals surface area (Å²) in [4.78, 5) is 30.5. The van der Waals surface area contributed by atoms with Crippen LogP contribution in [0.15, 0.2) is 42.5 Å². The zero-order valence-electron chi connectivity index (χ0n) is 18.3. The van der Waals surface area contributed by atoms with E-state index in [1.54, 1.807) is 26.2 Å². The fourth-order valence-corrected chi connectivity index (χ4v) is 3.21. The maximum Gasteiger partial charge on any atom is 0.290 e. The lowest BCUT2D eigenvalue weighted by Crippen LogP contribution is -2.26. The maximum absolute atomic E-state index is 12.8. The Hall–Kier alpha value is -3.81. The van der Waals surface area contributed by atoms with E-state index in [0.29, 0.717) is 23.6 Å². The molecule has 0 saturated heterocycles. The molecule has 1 amide bonds. The standard InChI is InChI=1S/C22H25N3O3.CH2O2/c1-14-21(24-15(2)23-14)17-7-9-18(10-8-17)22(26)25(3)13-16-6-11-19(27-4)20(12-16)28-5;2-1-3/h6-12H,13H2,1-5H3,(H,23,24);1H,(H,2,3). The van der Waals surface area contributed by atoms with Crippen LogP contribution in [-0.2, 0) is 11.3 Å². The van der Waals surface area contributed by atoms with Gasteiger partial charge in [0.1, 0.15) is 5.82 Å². The predicted molar refractivity (Wildman–Crippen MR) is 118 cm³/mol. The highest BCUT2D eigenvalue weighted by atomic mass is 16.5. The van der Waals surface area contributed by atoms with E-state index in [-0.39, 0.29) is 12.4 Å². The molecule has 1 heterocycles. The number of carbonyl (C=O) groups is 2. The topological polar surface area (TPSA) is 105 Å². The number of aryl methyl sites for hydroxylation is 2. The van der Waals surface area contributed by atoms with E-state index < -0.39 is 0 Å². The van der Waals surface area contributed by atoms with Crippen LogP contribution in [0.25, 0.3) is 11.3 Å². The summed E-state index contributed by atoms with van der Waals surface area (Å²) in [6, 6.07) is 13.2. The Labute approximate surface area is 181 Å². The Balaban J connectivity index is 0.00000107. The molecule has 8 nitrogen and oxygen atoms in total. The van der Waals surface area contributed by atoms with Gasteiger partial charge in [-0.05, 0) is 43.7 Å². The Morgan fingerprint density at radius 1 is 1.10 bits per heavy atom. The van der Waals surface area contributed by atoms with Crippen LogP contribution < -0.4 is 9.47 Å². The zero-order valence-corrected chi connectivity index (χ0v) is 18.3. The molecule has 2 aromatic carbocycles. The van der Waals surface area contributed by atoms with Gasteiger partial charge in [0.25, 0.3) is 12.4 Å². The summed E-state index contributed by atoms with van der Waals surface area (Å²) in [5, 5.41) is 6.89. The average molecular weight is 425 g/mol. The normalized spacial score (nSPS) is 9.97. The van der Waals surface area contributed by atoms with E-state index in [4.69, 9.17) is 19.4 Å². The molecule has 0 aliphatic carbocycles. The number of aromatic nitrogens is 2. The molecule has 1 aromatic heterocycles. The molecule has 0 fully saturated rings. The average Bonchev–Trinajstić information content (AvgIpc) is 3.11. The largest absolute Gasteiger partial charge is 0.493 e. The fourth-order valence-electron chi connectivity index (χ4n) is 3.21. The lowest BCUT2D eigenvalue weighted by atomic mass is 10.1. The van der Waals surface area contributed by atoms with E-state index >= 15 is 0 Å². The number of methoxy groups -OCH3 is 2. The number of imidazole rings is 1. The second-order valence-corrected chi connectivity index (χ2v) is 6.83. The summed E-state index contributed by atoms with van der Waals surface area (Å²) in [5.74, 6) is 2.15. The van der Waals surface area contributed by atoms with Crippen LogP contribution >= 0.6 is 0 Å². The van der Waals surface area contributed by atoms with Gasteiger partial charge in [-0.25, -0.2) is 4.98 Å². The highest BCUT2D eigenvalue weighted by Crippen LogP contribution is 2.28. The molecule has 0 saturated carbocycles. The lowest BCUT2D eigenvalue weighted by molar-refractivity contribution is -0.122. The molecule has 0 spiro atoms. The molecule has 0 unspecified atom stereocenters. The second-order valence-electron chi connectivity index (χ2n) is 6.83. The number of hydrogen-bond donors (Lipinski definition) is 2. The first-order valence-electron chi connectivity index (χ1n) is 9.52. The molecule has 3 rings (SSSR count). The number of benzene rings is 2. The molecule has 164 valence electrons. The van der Waals surface area contributed by atoms with Crippen LogP contribution in [0.1, 0.15) is 27.4 Å². The Kier molecular flexibility index (Phi) is 8.19. The minimum absolute atomic E-state index is 0.0451. The van der Waals surface area contributed by atoms with Crippen molar-refractivity contribution in [2.75, 3.05) is 21.3 Å². The Bertz CT molecular complexity index is 1030. The fraction of sp³-hybridized carbons (Fsp3) is 0.261. The third kappa shape index (κ3) is 5.85. The van der Waals surface area contributed by atoms with Crippen molar-refractivity contribution in [3.05, 3.63) is 65.1 Å². The van der Waals surface area contributed by atoms with E-state index in [1.807, 2.05) is 56.3 Å². The third-order valence-corrected chi connectivity index (χ3v) is 4.62. The Morgan fingerprint density at radius 3 is 2.23 bits per heavy atom. The van der Waals surface area contributed by atoms with Crippen molar-refractivity contribution in [2.45, 2.75) is 20.4 Å². The summed E-state index contributed by atoms with van der Waals surface area (Å²) in [7, 11) is 4.98. The minimum Gasteiger partial charge on any atom is -0.493 e. The van der Waals surface area contributed by atoms with Crippen LogP contribution in [0.4, 0.5) is 0 Å². The number of H-pyrrole nitrogens is 1. The number of amides is 1. The summed E-state index contributed by atoms with van der Waals surface area (Å²) < 4.78 is 10.6. The number of rotatable bonds is 6. The number of ether oxygens (including phenoxy) is 2. The summed E-state index contributed by atoms with van der Waals surface area (Å²) >= 11 is 0. The maximum atomic E-state index is 12.8. The van der Waals surface area contributed by atoms with Crippen LogP contribution in [-0.4, -0.2) is 53.6 Å². The van der Waals surface area contributed by atoms with Gasteiger partial charge in [0.15, 0.2) is 11.5 Å². The molecule has 8 heteroatoms. The molecule has 0 atom stereocenters. The quantitative estimate of drug-likeness (QED) is 0.584. The number of carboxylic acid groups (broad SMARTS) is 1. The van der Waals surface area contributed by atoms with Crippen molar-refractivity contribution in [3.63, 3.8) is 0 Å². The molecule has 2 N–H and O–H groups in total. The van der Waals surface area contributed by atoms with Crippen LogP contribution in [0.2, 0.25) is 0 Å². The number of nitrogens with zero attached hydrogens (tertiary/aromatic N) is 2. The van der Waals surface area contributed by atoms with Crippen molar-refractivity contribution in [1.29, 1.82) is 0 Å². The first-order chi connectivity index (χ1) is 14.8. The lowest BCUT2D eigenvalue weighted by Gasteiger charge is -2.18. The van der Waals surface area contributed by atoms with Gasteiger partial charge >= 0.3 is 0 Å². The first kappa shape index (κ1) is 23.5. The summed E-state index contributed by atoms with van der Waals surface area (Å²) in [6.07, 6.45) is 0. The van der Waals surface area contributed by atoms with Crippen molar-refractivity contribution in [2.24, 2.45) is 0 Å². The molecule has 31 heavy (non-hydrogen) atoms.